The number of alkyl halides is 3. The predicted molar refractivity (Wildman–Crippen MR) is 113 cm³/mol. The van der Waals surface area contributed by atoms with Gasteiger partial charge in [0.05, 0.1) is 4.90 Å². The lowest BCUT2D eigenvalue weighted by atomic mass is 10.0. The van der Waals surface area contributed by atoms with E-state index >= 15 is 0 Å². The first-order chi connectivity index (χ1) is 15.2. The van der Waals surface area contributed by atoms with Crippen molar-refractivity contribution in [3.05, 3.63) is 64.7 Å². The zero-order chi connectivity index (χ0) is 24.6. The predicted octanol–water partition coefficient (Wildman–Crippen LogP) is 4.31. The molecule has 0 fully saturated rings. The summed E-state index contributed by atoms with van der Waals surface area (Å²) in [6, 6.07) is 7.30. The van der Waals surface area contributed by atoms with E-state index in [1.165, 1.54) is 24.3 Å². The number of rotatable bonds is 8. The lowest BCUT2D eigenvalue weighted by Gasteiger charge is -2.17. The molecule has 0 saturated carbocycles. The summed E-state index contributed by atoms with van der Waals surface area (Å²) in [6.45, 7) is 4.77. The maximum Gasteiger partial charge on any atom is 0.534 e. The van der Waals surface area contributed by atoms with Gasteiger partial charge in [0.1, 0.15) is 12.7 Å². The van der Waals surface area contributed by atoms with Crippen LogP contribution in [0, 0.1) is 6.92 Å². The molecule has 33 heavy (non-hydrogen) atoms. The van der Waals surface area contributed by atoms with Gasteiger partial charge >= 0.3 is 15.6 Å². The highest BCUT2D eigenvalue weighted by Gasteiger charge is 2.49. The molecule has 1 heterocycles. The minimum Gasteiger partial charge on any atom is -0.483 e. The molecule has 0 aliphatic carbocycles. The normalized spacial score (nSPS) is 16.2. The van der Waals surface area contributed by atoms with E-state index in [1.807, 2.05) is 0 Å². The van der Waals surface area contributed by atoms with Crippen LogP contribution in [0.5, 0.6) is 11.5 Å². The van der Waals surface area contributed by atoms with Crippen molar-refractivity contribution in [2.45, 2.75) is 36.3 Å². The Morgan fingerprint density at radius 3 is 2.42 bits per heavy atom. The molecule has 0 bridgehead atoms. The number of fused-ring (bicyclic) bond motifs is 1. The first-order valence-corrected chi connectivity index (χ1v) is 12.5. The molecule has 3 rings (SSSR count). The zero-order valence-corrected chi connectivity index (χ0v) is 19.4. The van der Waals surface area contributed by atoms with Gasteiger partial charge in [-0.05, 0) is 31.5 Å². The SMILES string of the molecule is C=CCc1c(Cl)cc2c(c1OS(=O)(=O)C(F)(F)F)OC(COS(=O)(=O)c1ccc(C)cc1)C2. The average molecular weight is 527 g/mol. The first kappa shape index (κ1) is 25.3. The monoisotopic (exact) mass is 526 g/mol. The van der Waals surface area contributed by atoms with Crippen LogP contribution in [-0.2, 0) is 37.3 Å². The zero-order valence-electron chi connectivity index (χ0n) is 17.1. The van der Waals surface area contributed by atoms with Crippen molar-refractivity contribution in [3.8, 4) is 11.5 Å². The molecule has 1 aliphatic heterocycles. The number of hydrogen-bond acceptors (Lipinski definition) is 7. The van der Waals surface area contributed by atoms with E-state index in [1.54, 1.807) is 19.1 Å². The Labute approximate surface area is 194 Å². The van der Waals surface area contributed by atoms with Gasteiger partial charge in [-0.25, -0.2) is 0 Å². The van der Waals surface area contributed by atoms with Crippen LogP contribution in [0.1, 0.15) is 16.7 Å². The summed E-state index contributed by atoms with van der Waals surface area (Å²) >= 11 is 6.14. The van der Waals surface area contributed by atoms with Gasteiger partial charge in [0.25, 0.3) is 10.1 Å². The molecule has 0 amide bonds. The fourth-order valence-corrected chi connectivity index (χ4v) is 4.76. The smallest absolute Gasteiger partial charge is 0.483 e. The summed E-state index contributed by atoms with van der Waals surface area (Å²) in [4.78, 5) is -0.0831. The van der Waals surface area contributed by atoms with Gasteiger partial charge in [0.2, 0.25) is 0 Å². The molecular weight excluding hydrogens is 509 g/mol. The van der Waals surface area contributed by atoms with E-state index in [2.05, 4.69) is 10.8 Å². The Bertz CT molecular complexity index is 1270. The van der Waals surface area contributed by atoms with Crippen LogP contribution < -0.4 is 8.92 Å². The highest BCUT2D eigenvalue weighted by atomic mass is 35.5. The fourth-order valence-electron chi connectivity index (χ4n) is 3.04. The van der Waals surface area contributed by atoms with E-state index in [9.17, 15) is 30.0 Å². The van der Waals surface area contributed by atoms with E-state index in [0.717, 1.165) is 5.56 Å². The van der Waals surface area contributed by atoms with Crippen molar-refractivity contribution in [3.63, 3.8) is 0 Å². The van der Waals surface area contributed by atoms with Crippen LogP contribution in [0.15, 0.2) is 47.9 Å². The largest absolute Gasteiger partial charge is 0.534 e. The maximum absolute atomic E-state index is 12.9. The topological polar surface area (TPSA) is 96.0 Å². The van der Waals surface area contributed by atoms with Gasteiger partial charge in [-0.15, -0.1) is 6.58 Å². The summed E-state index contributed by atoms with van der Waals surface area (Å²) < 4.78 is 102. The van der Waals surface area contributed by atoms with Crippen LogP contribution >= 0.6 is 11.6 Å². The van der Waals surface area contributed by atoms with Crippen molar-refractivity contribution in [1.82, 2.24) is 0 Å². The van der Waals surface area contributed by atoms with Crippen molar-refractivity contribution in [1.29, 1.82) is 0 Å². The molecular formula is C20H18ClF3O7S2. The molecule has 2 aromatic rings. The van der Waals surface area contributed by atoms with Crippen LogP contribution in [0.3, 0.4) is 0 Å². The van der Waals surface area contributed by atoms with E-state index in [0.29, 0.717) is 0 Å². The van der Waals surface area contributed by atoms with Gasteiger partial charge in [0, 0.05) is 22.6 Å². The fraction of sp³-hybridized carbons (Fsp3) is 0.300. The summed E-state index contributed by atoms with van der Waals surface area (Å²) in [6.07, 6.45) is 0.229. The Hall–Kier alpha value is -2.28. The lowest BCUT2D eigenvalue weighted by Crippen LogP contribution is -2.28. The van der Waals surface area contributed by atoms with E-state index in [-0.39, 0.29) is 39.6 Å². The van der Waals surface area contributed by atoms with Gasteiger partial charge in [0.15, 0.2) is 11.5 Å². The number of ether oxygens (including phenoxy) is 1. The summed E-state index contributed by atoms with van der Waals surface area (Å²) in [5.41, 5.74) is -4.68. The molecule has 1 unspecified atom stereocenters. The molecule has 13 heteroatoms. The third-order valence-corrected chi connectivity index (χ3v) is 7.22. The molecule has 0 N–H and O–H groups in total. The van der Waals surface area contributed by atoms with Crippen molar-refractivity contribution in [2.24, 2.45) is 0 Å². The standard InChI is InChI=1S/C20H18ClF3O7S2/c1-3-4-16-17(21)10-13-9-14(11-29-32(25,26)15-7-5-12(2)6-8-15)30-18(13)19(16)31-33(27,28)20(22,23)24/h3,5-8,10,14H,1,4,9,11H2,2H3. The van der Waals surface area contributed by atoms with Crippen molar-refractivity contribution < 1.29 is 43.1 Å². The summed E-state index contributed by atoms with van der Waals surface area (Å²) in [5, 5.41) is -0.0570. The van der Waals surface area contributed by atoms with Crippen LogP contribution in [0.2, 0.25) is 5.02 Å². The van der Waals surface area contributed by atoms with Gasteiger partial charge in [-0.3, -0.25) is 4.18 Å². The molecule has 0 saturated heterocycles. The number of halogens is 4. The minimum absolute atomic E-state index is 0.00470. The minimum atomic E-state index is -6.02. The van der Waals surface area contributed by atoms with Gasteiger partial charge < -0.3 is 8.92 Å². The molecule has 0 aromatic heterocycles. The molecule has 0 spiro atoms. The van der Waals surface area contributed by atoms with Crippen molar-refractivity contribution >= 4 is 31.8 Å². The second-order valence-corrected chi connectivity index (χ2v) is 10.7. The summed E-state index contributed by atoms with van der Waals surface area (Å²) in [5.74, 6) is -1.01. The summed E-state index contributed by atoms with van der Waals surface area (Å²) in [7, 11) is -10.2. The molecule has 7 nitrogen and oxygen atoms in total. The highest BCUT2D eigenvalue weighted by molar-refractivity contribution is 7.88. The molecule has 1 aliphatic rings. The molecule has 1 atom stereocenters. The quantitative estimate of drug-likeness (QED) is 0.287. The number of benzene rings is 2. The first-order valence-electron chi connectivity index (χ1n) is 9.34. The second kappa shape index (κ2) is 9.16. The number of aryl methyl sites for hydroxylation is 1. The highest BCUT2D eigenvalue weighted by Crippen LogP contribution is 2.46. The van der Waals surface area contributed by atoms with Crippen LogP contribution in [0.4, 0.5) is 13.2 Å². The molecule has 0 radical (unpaired) electrons. The number of hydrogen-bond donors (Lipinski definition) is 0. The van der Waals surface area contributed by atoms with E-state index in [4.69, 9.17) is 20.5 Å². The third-order valence-electron chi connectivity index (χ3n) is 4.64. The second-order valence-electron chi connectivity index (χ2n) is 7.13. The van der Waals surface area contributed by atoms with E-state index < -0.39 is 44.2 Å². The maximum atomic E-state index is 12.9. The third kappa shape index (κ3) is 5.45. The van der Waals surface area contributed by atoms with Crippen LogP contribution in [0.25, 0.3) is 0 Å². The van der Waals surface area contributed by atoms with Crippen LogP contribution in [-0.4, -0.2) is 35.1 Å². The number of allylic oxidation sites excluding steroid dienone is 1. The van der Waals surface area contributed by atoms with Crippen molar-refractivity contribution in [2.75, 3.05) is 6.61 Å². The van der Waals surface area contributed by atoms with Gasteiger partial charge in [-0.1, -0.05) is 35.4 Å². The average Bonchev–Trinajstić information content (AvgIpc) is 3.11. The Balaban J connectivity index is 1.88. The Morgan fingerprint density at radius 2 is 1.85 bits per heavy atom. The van der Waals surface area contributed by atoms with Gasteiger partial charge in [-0.2, -0.15) is 30.0 Å². The molecule has 2 aromatic carbocycles. The Kier molecular flexibility index (Phi) is 7.04. The Morgan fingerprint density at radius 1 is 1.21 bits per heavy atom. The molecule has 180 valence electrons. The lowest BCUT2D eigenvalue weighted by molar-refractivity contribution is -0.0501.